The standard InChI is InChI=1S/C8H11Br2N3S/c1-4(2)12-8(13-11)5-3-6(9)14-7(5)10/h3-4H,11H2,1-2H3,(H,12,13). The molecule has 0 atom stereocenters. The zero-order chi connectivity index (χ0) is 10.7. The van der Waals surface area contributed by atoms with E-state index in [1.54, 1.807) is 11.3 Å². The molecule has 1 rings (SSSR count). The number of amidine groups is 1. The summed E-state index contributed by atoms with van der Waals surface area (Å²) in [5, 5.41) is 0. The summed E-state index contributed by atoms with van der Waals surface area (Å²) in [5.41, 5.74) is 3.59. The number of hydrogen-bond donors (Lipinski definition) is 2. The predicted octanol–water partition coefficient (Wildman–Crippen LogP) is 2.89. The number of aliphatic imine (C=N–C) groups is 1. The first-order valence-electron chi connectivity index (χ1n) is 4.04. The quantitative estimate of drug-likeness (QED) is 0.376. The predicted molar refractivity (Wildman–Crippen MR) is 68.7 cm³/mol. The van der Waals surface area contributed by atoms with Crippen LogP contribution in [-0.4, -0.2) is 11.9 Å². The lowest BCUT2D eigenvalue weighted by Gasteiger charge is -2.06. The summed E-state index contributed by atoms with van der Waals surface area (Å²) in [4.78, 5) is 4.38. The Bertz CT molecular complexity index is 346. The van der Waals surface area contributed by atoms with Crippen molar-refractivity contribution >= 4 is 49.0 Å². The summed E-state index contributed by atoms with van der Waals surface area (Å²) in [6.07, 6.45) is 0. The molecule has 0 aliphatic rings. The maximum absolute atomic E-state index is 5.42. The molecule has 0 aliphatic carbocycles. The van der Waals surface area contributed by atoms with Crippen LogP contribution in [0.5, 0.6) is 0 Å². The normalized spacial score (nSPS) is 12.3. The Morgan fingerprint density at radius 3 is 2.57 bits per heavy atom. The summed E-state index contributed by atoms with van der Waals surface area (Å²) in [5.74, 6) is 6.12. The molecule has 1 heterocycles. The Morgan fingerprint density at radius 2 is 2.21 bits per heavy atom. The van der Waals surface area contributed by atoms with E-state index in [9.17, 15) is 0 Å². The smallest absolute Gasteiger partial charge is 0.144 e. The van der Waals surface area contributed by atoms with E-state index < -0.39 is 0 Å². The molecule has 6 heteroatoms. The first-order valence-corrected chi connectivity index (χ1v) is 6.44. The second-order valence-electron chi connectivity index (χ2n) is 2.95. The number of hydrogen-bond acceptors (Lipinski definition) is 3. The van der Waals surface area contributed by atoms with Crippen molar-refractivity contribution in [3.63, 3.8) is 0 Å². The highest BCUT2D eigenvalue weighted by molar-refractivity contribution is 9.12. The van der Waals surface area contributed by atoms with Gasteiger partial charge in [0.1, 0.15) is 5.84 Å². The molecule has 3 N–H and O–H groups in total. The van der Waals surface area contributed by atoms with E-state index in [-0.39, 0.29) is 6.04 Å². The molecule has 0 amide bonds. The topological polar surface area (TPSA) is 50.4 Å². The first-order chi connectivity index (χ1) is 6.54. The molecule has 1 aromatic rings. The largest absolute Gasteiger partial charge is 0.308 e. The molecular formula is C8H11Br2N3S. The van der Waals surface area contributed by atoms with Crippen molar-refractivity contribution < 1.29 is 0 Å². The highest BCUT2D eigenvalue weighted by atomic mass is 79.9. The molecule has 78 valence electrons. The van der Waals surface area contributed by atoms with E-state index in [1.807, 2.05) is 19.9 Å². The van der Waals surface area contributed by atoms with Gasteiger partial charge in [0.25, 0.3) is 0 Å². The fourth-order valence-corrected chi connectivity index (χ4v) is 3.75. The van der Waals surface area contributed by atoms with Gasteiger partial charge < -0.3 is 5.43 Å². The molecule has 14 heavy (non-hydrogen) atoms. The lowest BCUT2D eigenvalue weighted by Crippen LogP contribution is -2.31. The molecule has 0 unspecified atom stereocenters. The van der Waals surface area contributed by atoms with Crippen molar-refractivity contribution in [1.82, 2.24) is 5.43 Å². The first kappa shape index (κ1) is 12.2. The molecule has 0 bridgehead atoms. The second-order valence-corrected chi connectivity index (χ2v) is 6.70. The highest BCUT2D eigenvalue weighted by Gasteiger charge is 2.10. The number of nitrogens with zero attached hydrogens (tertiary/aromatic N) is 1. The van der Waals surface area contributed by atoms with E-state index in [4.69, 9.17) is 5.84 Å². The van der Waals surface area contributed by atoms with Gasteiger partial charge in [-0.25, -0.2) is 5.84 Å². The van der Waals surface area contributed by atoms with Crippen molar-refractivity contribution in [2.75, 3.05) is 0 Å². The van der Waals surface area contributed by atoms with Crippen molar-refractivity contribution in [2.45, 2.75) is 19.9 Å². The van der Waals surface area contributed by atoms with Crippen LogP contribution < -0.4 is 11.3 Å². The minimum absolute atomic E-state index is 0.214. The number of thiophene rings is 1. The summed E-state index contributed by atoms with van der Waals surface area (Å²) < 4.78 is 2.06. The van der Waals surface area contributed by atoms with E-state index in [0.29, 0.717) is 5.84 Å². The van der Waals surface area contributed by atoms with Crippen LogP contribution in [-0.2, 0) is 0 Å². The Balaban J connectivity index is 3.06. The Kier molecular flexibility index (Phi) is 4.56. The Morgan fingerprint density at radius 1 is 1.57 bits per heavy atom. The van der Waals surface area contributed by atoms with Crippen molar-refractivity contribution in [2.24, 2.45) is 10.8 Å². The summed E-state index contributed by atoms with van der Waals surface area (Å²) >= 11 is 8.47. The van der Waals surface area contributed by atoms with E-state index in [1.165, 1.54) is 0 Å². The van der Waals surface area contributed by atoms with Crippen LogP contribution in [0, 0.1) is 0 Å². The minimum Gasteiger partial charge on any atom is -0.308 e. The van der Waals surface area contributed by atoms with Crippen LogP contribution in [0.15, 0.2) is 18.6 Å². The van der Waals surface area contributed by atoms with Crippen LogP contribution in [0.2, 0.25) is 0 Å². The maximum Gasteiger partial charge on any atom is 0.144 e. The Hall–Kier alpha value is 0.0900. The third-order valence-electron chi connectivity index (χ3n) is 1.44. The average Bonchev–Trinajstić information content (AvgIpc) is 2.41. The molecule has 0 radical (unpaired) electrons. The zero-order valence-corrected chi connectivity index (χ0v) is 11.8. The van der Waals surface area contributed by atoms with E-state index in [2.05, 4.69) is 42.3 Å². The monoisotopic (exact) mass is 339 g/mol. The SMILES string of the molecule is CC(C)N=C(NN)c1cc(Br)sc1Br. The van der Waals surface area contributed by atoms with Gasteiger partial charge in [-0.2, -0.15) is 0 Å². The van der Waals surface area contributed by atoms with Crippen molar-refractivity contribution in [3.05, 3.63) is 19.2 Å². The molecule has 1 aromatic heterocycles. The Labute approximate surface area is 104 Å². The van der Waals surface area contributed by atoms with Gasteiger partial charge >= 0.3 is 0 Å². The van der Waals surface area contributed by atoms with Crippen LogP contribution in [0.1, 0.15) is 19.4 Å². The average molecular weight is 341 g/mol. The molecular weight excluding hydrogens is 330 g/mol. The fraction of sp³-hybridized carbons (Fsp3) is 0.375. The second kappa shape index (κ2) is 5.25. The zero-order valence-electron chi connectivity index (χ0n) is 7.84. The number of halogens is 2. The minimum atomic E-state index is 0.214. The molecule has 3 nitrogen and oxygen atoms in total. The highest BCUT2D eigenvalue weighted by Crippen LogP contribution is 2.31. The summed E-state index contributed by atoms with van der Waals surface area (Å²) in [6.45, 7) is 4.01. The number of rotatable bonds is 2. The van der Waals surface area contributed by atoms with Crippen LogP contribution in [0.4, 0.5) is 0 Å². The van der Waals surface area contributed by atoms with Gasteiger partial charge in [0, 0.05) is 11.6 Å². The molecule has 0 spiro atoms. The van der Waals surface area contributed by atoms with E-state index >= 15 is 0 Å². The molecule has 0 aromatic carbocycles. The number of nitrogens with one attached hydrogen (secondary N) is 1. The summed E-state index contributed by atoms with van der Waals surface area (Å²) in [6, 6.07) is 2.20. The van der Waals surface area contributed by atoms with Crippen LogP contribution in [0.3, 0.4) is 0 Å². The third kappa shape index (κ3) is 3.05. The van der Waals surface area contributed by atoms with Crippen molar-refractivity contribution in [1.29, 1.82) is 0 Å². The molecule has 0 fully saturated rings. The summed E-state index contributed by atoms with van der Waals surface area (Å²) in [7, 11) is 0. The van der Waals surface area contributed by atoms with Crippen LogP contribution >= 0.6 is 43.2 Å². The van der Waals surface area contributed by atoms with Gasteiger partial charge in [-0.15, -0.1) is 11.3 Å². The van der Waals surface area contributed by atoms with Gasteiger partial charge in [0.05, 0.1) is 7.57 Å². The molecule has 0 saturated heterocycles. The van der Waals surface area contributed by atoms with Gasteiger partial charge in [-0.05, 0) is 51.8 Å². The fourth-order valence-electron chi connectivity index (χ4n) is 0.944. The van der Waals surface area contributed by atoms with Crippen LogP contribution in [0.25, 0.3) is 0 Å². The number of hydrazine groups is 1. The van der Waals surface area contributed by atoms with Gasteiger partial charge in [0.15, 0.2) is 0 Å². The lowest BCUT2D eigenvalue weighted by atomic mass is 10.3. The molecule has 0 saturated carbocycles. The third-order valence-corrected chi connectivity index (χ3v) is 3.78. The lowest BCUT2D eigenvalue weighted by molar-refractivity contribution is 0.820. The van der Waals surface area contributed by atoms with Gasteiger partial charge in [0.2, 0.25) is 0 Å². The van der Waals surface area contributed by atoms with Gasteiger partial charge in [-0.3, -0.25) is 4.99 Å². The maximum atomic E-state index is 5.42. The number of nitrogens with two attached hydrogens (primary N) is 1. The van der Waals surface area contributed by atoms with E-state index in [0.717, 1.165) is 13.1 Å². The molecule has 0 aliphatic heterocycles. The van der Waals surface area contributed by atoms with Crippen molar-refractivity contribution in [3.8, 4) is 0 Å². The van der Waals surface area contributed by atoms with Gasteiger partial charge in [-0.1, -0.05) is 0 Å².